The number of nitrogens with zero attached hydrogens (tertiary/aromatic N) is 1. The van der Waals surface area contributed by atoms with Gasteiger partial charge in [-0.3, -0.25) is 0 Å². The maximum atomic E-state index is 5.69. The lowest BCUT2D eigenvalue weighted by Gasteiger charge is -2.12. The van der Waals surface area contributed by atoms with E-state index in [4.69, 9.17) is 4.74 Å². The van der Waals surface area contributed by atoms with Crippen LogP contribution < -0.4 is 10.1 Å². The predicted octanol–water partition coefficient (Wildman–Crippen LogP) is 4.09. The summed E-state index contributed by atoms with van der Waals surface area (Å²) in [6.45, 7) is 4.04. The van der Waals surface area contributed by atoms with Crippen molar-refractivity contribution in [2.45, 2.75) is 20.0 Å². The van der Waals surface area contributed by atoms with Gasteiger partial charge in [-0.15, -0.1) is 0 Å². The fourth-order valence-corrected chi connectivity index (χ4v) is 2.09. The molecule has 0 atom stereocenters. The van der Waals surface area contributed by atoms with Gasteiger partial charge in [0.05, 0.1) is 18.0 Å². The van der Waals surface area contributed by atoms with Crippen LogP contribution in [0.5, 0.6) is 5.75 Å². The molecule has 2 heterocycles. The van der Waals surface area contributed by atoms with E-state index in [9.17, 15) is 0 Å². The van der Waals surface area contributed by atoms with Crippen LogP contribution in [-0.4, -0.2) is 16.1 Å². The highest BCUT2D eigenvalue weighted by Crippen LogP contribution is 2.23. The third-order valence-corrected chi connectivity index (χ3v) is 2.89. The van der Waals surface area contributed by atoms with E-state index >= 15 is 0 Å². The number of rotatable bonds is 4. The van der Waals surface area contributed by atoms with Crippen molar-refractivity contribution >= 4 is 22.4 Å². The van der Waals surface area contributed by atoms with Crippen LogP contribution in [0.2, 0.25) is 0 Å². The van der Waals surface area contributed by atoms with Gasteiger partial charge in [-0.1, -0.05) is 6.07 Å². The molecule has 0 saturated heterocycles. The minimum absolute atomic E-state index is 0.170. The molecule has 4 heteroatoms. The molecule has 20 heavy (non-hydrogen) atoms. The van der Waals surface area contributed by atoms with Crippen molar-refractivity contribution in [2.24, 2.45) is 0 Å². The van der Waals surface area contributed by atoms with Crippen LogP contribution in [0, 0.1) is 0 Å². The van der Waals surface area contributed by atoms with E-state index in [1.807, 2.05) is 56.6 Å². The predicted molar refractivity (Wildman–Crippen MR) is 81.6 cm³/mol. The molecule has 0 bridgehead atoms. The molecule has 0 fully saturated rings. The number of aromatic nitrogens is 2. The molecule has 3 aromatic rings. The van der Waals surface area contributed by atoms with Crippen molar-refractivity contribution in [3.8, 4) is 5.75 Å². The van der Waals surface area contributed by atoms with Gasteiger partial charge < -0.3 is 15.0 Å². The maximum Gasteiger partial charge on any atom is 0.137 e. The van der Waals surface area contributed by atoms with Gasteiger partial charge in [0.15, 0.2) is 0 Å². The number of benzene rings is 1. The van der Waals surface area contributed by atoms with E-state index in [-0.39, 0.29) is 6.10 Å². The molecule has 0 aliphatic carbocycles. The molecule has 2 N–H and O–H groups in total. The lowest BCUT2D eigenvalue weighted by molar-refractivity contribution is 0.242. The van der Waals surface area contributed by atoms with E-state index in [0.29, 0.717) is 0 Å². The van der Waals surface area contributed by atoms with Crippen molar-refractivity contribution in [1.29, 1.82) is 0 Å². The summed E-state index contributed by atoms with van der Waals surface area (Å²) in [6, 6.07) is 12.0. The number of aromatic amines is 1. The smallest absolute Gasteiger partial charge is 0.137 e. The Hall–Kier alpha value is -2.49. The number of fused-ring (bicyclic) bond motifs is 1. The Morgan fingerprint density at radius 3 is 2.90 bits per heavy atom. The lowest BCUT2D eigenvalue weighted by Crippen LogP contribution is -2.05. The van der Waals surface area contributed by atoms with Crippen molar-refractivity contribution in [3.05, 3.63) is 48.8 Å². The summed E-state index contributed by atoms with van der Waals surface area (Å²) in [7, 11) is 0. The number of pyridine rings is 1. The molecule has 2 aromatic heterocycles. The van der Waals surface area contributed by atoms with Gasteiger partial charge in [0.2, 0.25) is 0 Å². The highest BCUT2D eigenvalue weighted by Gasteiger charge is 2.02. The molecular formula is C16H17N3O. The van der Waals surface area contributed by atoms with Crippen molar-refractivity contribution < 1.29 is 4.74 Å². The normalized spacial score (nSPS) is 10.9. The standard InChI is InChI=1S/C16H17N3O/c1-11(2)20-15-5-3-4-13(9-15)19-14-8-12-6-7-17-16(12)18-10-14/h3-11,19H,1-2H3,(H,17,18). The highest BCUT2D eigenvalue weighted by molar-refractivity contribution is 5.80. The van der Waals surface area contributed by atoms with Gasteiger partial charge in [0.25, 0.3) is 0 Å². The first-order valence-corrected chi connectivity index (χ1v) is 6.67. The van der Waals surface area contributed by atoms with Crippen LogP contribution in [0.4, 0.5) is 11.4 Å². The summed E-state index contributed by atoms with van der Waals surface area (Å²) in [4.78, 5) is 7.44. The molecule has 0 saturated carbocycles. The van der Waals surface area contributed by atoms with Gasteiger partial charge in [0.1, 0.15) is 11.4 Å². The van der Waals surface area contributed by atoms with E-state index in [1.54, 1.807) is 0 Å². The zero-order valence-electron chi connectivity index (χ0n) is 11.6. The van der Waals surface area contributed by atoms with Gasteiger partial charge in [-0.05, 0) is 38.1 Å². The minimum Gasteiger partial charge on any atom is -0.491 e. The largest absolute Gasteiger partial charge is 0.491 e. The number of hydrogen-bond acceptors (Lipinski definition) is 3. The van der Waals surface area contributed by atoms with Gasteiger partial charge in [-0.25, -0.2) is 4.98 Å². The number of hydrogen-bond donors (Lipinski definition) is 2. The molecule has 0 radical (unpaired) electrons. The molecule has 0 aliphatic rings. The Labute approximate surface area is 117 Å². The summed E-state index contributed by atoms with van der Waals surface area (Å²) < 4.78 is 5.69. The molecule has 3 rings (SSSR count). The van der Waals surface area contributed by atoms with Crippen molar-refractivity contribution in [2.75, 3.05) is 5.32 Å². The molecule has 102 valence electrons. The molecule has 0 unspecified atom stereocenters. The summed E-state index contributed by atoms with van der Waals surface area (Å²) in [5, 5.41) is 4.43. The van der Waals surface area contributed by atoms with E-state index in [0.717, 1.165) is 28.2 Å². The van der Waals surface area contributed by atoms with Crippen LogP contribution in [0.1, 0.15) is 13.8 Å². The second kappa shape index (κ2) is 5.25. The fraction of sp³-hybridized carbons (Fsp3) is 0.188. The molecule has 0 spiro atoms. The number of ether oxygens (including phenoxy) is 1. The van der Waals surface area contributed by atoms with Crippen LogP contribution in [0.3, 0.4) is 0 Å². The Morgan fingerprint density at radius 2 is 2.05 bits per heavy atom. The number of anilines is 2. The number of H-pyrrole nitrogens is 1. The Bertz CT molecular complexity index is 718. The second-order valence-corrected chi connectivity index (χ2v) is 4.96. The quantitative estimate of drug-likeness (QED) is 0.748. The summed E-state index contributed by atoms with van der Waals surface area (Å²) >= 11 is 0. The molecule has 0 aliphatic heterocycles. The highest BCUT2D eigenvalue weighted by atomic mass is 16.5. The van der Waals surface area contributed by atoms with Crippen molar-refractivity contribution in [1.82, 2.24) is 9.97 Å². The summed E-state index contributed by atoms with van der Waals surface area (Å²) in [6.07, 6.45) is 3.87. The average molecular weight is 267 g/mol. The first-order chi connectivity index (χ1) is 9.70. The lowest BCUT2D eigenvalue weighted by atomic mass is 10.2. The average Bonchev–Trinajstić information content (AvgIpc) is 2.85. The molecule has 4 nitrogen and oxygen atoms in total. The molecule has 1 aromatic carbocycles. The second-order valence-electron chi connectivity index (χ2n) is 4.96. The Kier molecular flexibility index (Phi) is 3.29. The van der Waals surface area contributed by atoms with E-state index in [2.05, 4.69) is 21.4 Å². The maximum absolute atomic E-state index is 5.69. The fourth-order valence-electron chi connectivity index (χ4n) is 2.09. The Balaban J connectivity index is 1.82. The van der Waals surface area contributed by atoms with Crippen molar-refractivity contribution in [3.63, 3.8) is 0 Å². The monoisotopic (exact) mass is 267 g/mol. The van der Waals surface area contributed by atoms with Crippen LogP contribution in [0.25, 0.3) is 11.0 Å². The SMILES string of the molecule is CC(C)Oc1cccc(Nc2cnc3[nH]ccc3c2)c1. The molecular weight excluding hydrogens is 250 g/mol. The Morgan fingerprint density at radius 1 is 1.15 bits per heavy atom. The van der Waals surface area contributed by atoms with Gasteiger partial charge >= 0.3 is 0 Å². The van der Waals surface area contributed by atoms with Crippen LogP contribution in [0.15, 0.2) is 48.8 Å². The van der Waals surface area contributed by atoms with Gasteiger partial charge in [-0.2, -0.15) is 0 Å². The third-order valence-electron chi connectivity index (χ3n) is 2.89. The zero-order chi connectivity index (χ0) is 13.9. The molecule has 0 amide bonds. The van der Waals surface area contributed by atoms with Gasteiger partial charge in [0, 0.05) is 23.3 Å². The summed E-state index contributed by atoms with van der Waals surface area (Å²) in [5.74, 6) is 0.862. The van der Waals surface area contributed by atoms with E-state index in [1.165, 1.54) is 0 Å². The zero-order valence-corrected chi connectivity index (χ0v) is 11.6. The van der Waals surface area contributed by atoms with Crippen LogP contribution in [-0.2, 0) is 0 Å². The summed E-state index contributed by atoms with van der Waals surface area (Å²) in [5.41, 5.74) is 2.84. The first kappa shape index (κ1) is 12.5. The topological polar surface area (TPSA) is 49.9 Å². The third kappa shape index (κ3) is 2.74. The van der Waals surface area contributed by atoms with E-state index < -0.39 is 0 Å². The minimum atomic E-state index is 0.170. The van der Waals surface area contributed by atoms with Crippen LogP contribution >= 0.6 is 0 Å². The first-order valence-electron chi connectivity index (χ1n) is 6.67. The number of nitrogens with one attached hydrogen (secondary N) is 2.